The molecule has 2 aromatic heterocycles. The molecule has 0 aliphatic heterocycles. The Bertz CT molecular complexity index is 770. The van der Waals surface area contributed by atoms with Crippen LogP contribution < -0.4 is 11.2 Å². The van der Waals surface area contributed by atoms with E-state index in [1.165, 1.54) is 6.42 Å². The first kappa shape index (κ1) is 14.8. The minimum atomic E-state index is -0.411. The smallest absolute Gasteiger partial charge is 0.311 e. The number of aromatic amines is 2. The van der Waals surface area contributed by atoms with Crippen LogP contribution in [0.1, 0.15) is 60.5 Å². The van der Waals surface area contributed by atoms with Gasteiger partial charge in [0, 0.05) is 29.6 Å². The van der Waals surface area contributed by atoms with E-state index in [1.54, 1.807) is 6.20 Å². The van der Waals surface area contributed by atoms with E-state index in [0.717, 1.165) is 42.6 Å². The summed E-state index contributed by atoms with van der Waals surface area (Å²) in [5, 5.41) is 0. The third-order valence-corrected chi connectivity index (χ3v) is 4.42. The molecular formula is C17H21N3O2. The first-order valence-corrected chi connectivity index (χ1v) is 7.90. The zero-order valence-electron chi connectivity index (χ0n) is 12.8. The normalized spacial score (nSPS) is 15.9. The van der Waals surface area contributed by atoms with Crippen LogP contribution in [0.25, 0.3) is 0 Å². The second kappa shape index (κ2) is 6.30. The molecule has 1 saturated carbocycles. The van der Waals surface area contributed by atoms with Crippen molar-refractivity contribution < 1.29 is 0 Å². The number of H-pyrrole nitrogens is 2. The molecule has 1 fully saturated rings. The molecule has 2 N–H and O–H groups in total. The van der Waals surface area contributed by atoms with Crippen LogP contribution in [0.5, 0.6) is 0 Å². The van der Waals surface area contributed by atoms with Gasteiger partial charge in [-0.05, 0) is 43.4 Å². The number of pyridine rings is 1. The highest BCUT2D eigenvalue weighted by Gasteiger charge is 2.22. The zero-order chi connectivity index (χ0) is 15.5. The Morgan fingerprint density at radius 3 is 2.68 bits per heavy atom. The van der Waals surface area contributed by atoms with E-state index < -0.39 is 5.69 Å². The minimum absolute atomic E-state index is 0.281. The van der Waals surface area contributed by atoms with E-state index in [2.05, 4.69) is 15.0 Å². The molecule has 5 heteroatoms. The number of aryl methyl sites for hydroxylation is 1. The average molecular weight is 299 g/mol. The fourth-order valence-electron chi connectivity index (χ4n) is 3.32. The van der Waals surface area contributed by atoms with Gasteiger partial charge in [0.2, 0.25) is 0 Å². The van der Waals surface area contributed by atoms with E-state index in [4.69, 9.17) is 0 Å². The van der Waals surface area contributed by atoms with Crippen molar-refractivity contribution in [3.05, 3.63) is 61.7 Å². The van der Waals surface area contributed by atoms with Gasteiger partial charge in [0.15, 0.2) is 0 Å². The lowest BCUT2D eigenvalue weighted by atomic mass is 9.84. The minimum Gasteiger partial charge on any atom is -0.311 e. The molecular weight excluding hydrogens is 278 g/mol. The SMILES string of the molecule is Cc1ccnc(Cc2c(C3CCCCC3)[nH]c(=O)[nH]c2=O)c1. The molecule has 22 heavy (non-hydrogen) atoms. The summed E-state index contributed by atoms with van der Waals surface area (Å²) in [6, 6.07) is 3.91. The third-order valence-electron chi connectivity index (χ3n) is 4.42. The van der Waals surface area contributed by atoms with Gasteiger partial charge in [-0.1, -0.05) is 19.3 Å². The quantitative estimate of drug-likeness (QED) is 0.913. The van der Waals surface area contributed by atoms with Gasteiger partial charge in [-0.25, -0.2) is 4.79 Å². The Morgan fingerprint density at radius 2 is 1.95 bits per heavy atom. The summed E-state index contributed by atoms with van der Waals surface area (Å²) in [5.74, 6) is 0.281. The van der Waals surface area contributed by atoms with Gasteiger partial charge in [-0.2, -0.15) is 0 Å². The molecule has 1 aliphatic carbocycles. The van der Waals surface area contributed by atoms with E-state index in [1.807, 2.05) is 19.1 Å². The maximum absolute atomic E-state index is 12.3. The highest BCUT2D eigenvalue weighted by atomic mass is 16.2. The number of hydrogen-bond acceptors (Lipinski definition) is 3. The fourth-order valence-corrected chi connectivity index (χ4v) is 3.32. The van der Waals surface area contributed by atoms with E-state index >= 15 is 0 Å². The topological polar surface area (TPSA) is 78.6 Å². The highest BCUT2D eigenvalue weighted by molar-refractivity contribution is 5.27. The average Bonchev–Trinajstić information content (AvgIpc) is 2.51. The first-order chi connectivity index (χ1) is 10.6. The largest absolute Gasteiger partial charge is 0.325 e. The van der Waals surface area contributed by atoms with Crippen LogP contribution in [0.4, 0.5) is 0 Å². The summed E-state index contributed by atoms with van der Waals surface area (Å²) in [6.07, 6.45) is 7.83. The predicted molar refractivity (Wildman–Crippen MR) is 85.3 cm³/mol. The standard InChI is InChI=1S/C17H21N3O2/c1-11-7-8-18-13(9-11)10-14-15(12-5-3-2-4-6-12)19-17(22)20-16(14)21/h7-9,12H,2-6,10H2,1H3,(H2,19,20,21,22). The number of hydrogen-bond donors (Lipinski definition) is 2. The second-order valence-corrected chi connectivity index (χ2v) is 6.14. The van der Waals surface area contributed by atoms with Crippen LogP contribution in [0.3, 0.4) is 0 Å². The summed E-state index contributed by atoms with van der Waals surface area (Å²) in [5.41, 5.74) is 2.75. The molecule has 3 rings (SSSR count). The third kappa shape index (κ3) is 3.18. The van der Waals surface area contributed by atoms with Crippen molar-refractivity contribution in [2.45, 2.75) is 51.4 Å². The maximum atomic E-state index is 12.3. The second-order valence-electron chi connectivity index (χ2n) is 6.14. The van der Waals surface area contributed by atoms with Gasteiger partial charge in [-0.3, -0.25) is 14.8 Å². The van der Waals surface area contributed by atoms with Gasteiger partial charge < -0.3 is 4.98 Å². The predicted octanol–water partition coefficient (Wildman–Crippen LogP) is 2.41. The Labute approximate surface area is 128 Å². The fraction of sp³-hybridized carbons (Fsp3) is 0.471. The number of rotatable bonds is 3. The molecule has 2 aromatic rings. The summed E-state index contributed by atoms with van der Waals surface area (Å²) in [6.45, 7) is 2.00. The van der Waals surface area contributed by atoms with Crippen LogP contribution in [0.2, 0.25) is 0 Å². The van der Waals surface area contributed by atoms with Crippen molar-refractivity contribution in [3.63, 3.8) is 0 Å². The van der Waals surface area contributed by atoms with Crippen molar-refractivity contribution in [1.82, 2.24) is 15.0 Å². The van der Waals surface area contributed by atoms with Crippen LogP contribution in [0, 0.1) is 6.92 Å². The Balaban J connectivity index is 2.01. The van der Waals surface area contributed by atoms with Crippen molar-refractivity contribution in [1.29, 1.82) is 0 Å². The molecule has 5 nitrogen and oxygen atoms in total. The molecule has 0 saturated heterocycles. The molecule has 0 aromatic carbocycles. The number of aromatic nitrogens is 3. The van der Waals surface area contributed by atoms with Crippen LogP contribution in [-0.2, 0) is 6.42 Å². The van der Waals surface area contributed by atoms with Crippen LogP contribution in [0.15, 0.2) is 27.9 Å². The maximum Gasteiger partial charge on any atom is 0.325 e. The molecule has 0 bridgehead atoms. The highest BCUT2D eigenvalue weighted by Crippen LogP contribution is 2.32. The van der Waals surface area contributed by atoms with Crippen molar-refractivity contribution in [3.8, 4) is 0 Å². The lowest BCUT2D eigenvalue weighted by Gasteiger charge is -2.23. The molecule has 116 valence electrons. The lowest BCUT2D eigenvalue weighted by Crippen LogP contribution is -2.30. The number of nitrogens with zero attached hydrogens (tertiary/aromatic N) is 1. The van der Waals surface area contributed by atoms with Crippen molar-refractivity contribution in [2.24, 2.45) is 0 Å². The van der Waals surface area contributed by atoms with Gasteiger partial charge in [-0.15, -0.1) is 0 Å². The summed E-state index contributed by atoms with van der Waals surface area (Å²) in [7, 11) is 0. The van der Waals surface area contributed by atoms with Crippen LogP contribution in [-0.4, -0.2) is 15.0 Å². The van der Waals surface area contributed by atoms with E-state index in [9.17, 15) is 9.59 Å². The van der Waals surface area contributed by atoms with Crippen molar-refractivity contribution in [2.75, 3.05) is 0 Å². The molecule has 0 amide bonds. The molecule has 0 unspecified atom stereocenters. The molecule has 1 aliphatic rings. The van der Waals surface area contributed by atoms with Gasteiger partial charge in [0.1, 0.15) is 0 Å². The molecule has 0 radical (unpaired) electrons. The first-order valence-electron chi connectivity index (χ1n) is 7.90. The van der Waals surface area contributed by atoms with Crippen LogP contribution >= 0.6 is 0 Å². The number of nitrogens with one attached hydrogen (secondary N) is 2. The van der Waals surface area contributed by atoms with Gasteiger partial charge in [0.05, 0.1) is 0 Å². The summed E-state index contributed by atoms with van der Waals surface area (Å²) < 4.78 is 0. The van der Waals surface area contributed by atoms with E-state index in [-0.39, 0.29) is 11.5 Å². The molecule has 2 heterocycles. The van der Waals surface area contributed by atoms with Gasteiger partial charge >= 0.3 is 5.69 Å². The summed E-state index contributed by atoms with van der Waals surface area (Å²) in [4.78, 5) is 33.6. The molecule has 0 atom stereocenters. The zero-order valence-corrected chi connectivity index (χ0v) is 12.8. The molecule has 0 spiro atoms. The Kier molecular flexibility index (Phi) is 4.22. The van der Waals surface area contributed by atoms with E-state index in [0.29, 0.717) is 12.0 Å². The monoisotopic (exact) mass is 299 g/mol. The Hall–Kier alpha value is -2.17. The Morgan fingerprint density at radius 1 is 1.18 bits per heavy atom. The lowest BCUT2D eigenvalue weighted by molar-refractivity contribution is 0.432. The summed E-state index contributed by atoms with van der Waals surface area (Å²) >= 11 is 0. The van der Waals surface area contributed by atoms with Gasteiger partial charge in [0.25, 0.3) is 5.56 Å². The van der Waals surface area contributed by atoms with Crippen molar-refractivity contribution >= 4 is 0 Å².